The highest BCUT2D eigenvalue weighted by atomic mass is 16.5. The number of carbonyl (C=O) groups is 1. The monoisotopic (exact) mass is 272 g/mol. The molecule has 0 saturated heterocycles. The van der Waals surface area contributed by atoms with Crippen LogP contribution in [0.5, 0.6) is 5.75 Å². The Labute approximate surface area is 116 Å². The highest BCUT2D eigenvalue weighted by molar-refractivity contribution is 5.75. The minimum absolute atomic E-state index is 0.118. The molecule has 2 aromatic rings. The average molecular weight is 272 g/mol. The first-order chi connectivity index (χ1) is 9.67. The van der Waals surface area contributed by atoms with Gasteiger partial charge in [-0.1, -0.05) is 6.58 Å². The molecule has 0 radical (unpaired) electrons. The summed E-state index contributed by atoms with van der Waals surface area (Å²) in [5.41, 5.74) is 7.01. The van der Waals surface area contributed by atoms with Crippen LogP contribution in [0.2, 0.25) is 0 Å². The number of amides is 1. The highest BCUT2D eigenvalue weighted by Gasteiger charge is 1.99. The van der Waals surface area contributed by atoms with Gasteiger partial charge in [0.1, 0.15) is 5.75 Å². The first-order valence-corrected chi connectivity index (χ1v) is 6.08. The van der Waals surface area contributed by atoms with E-state index >= 15 is 0 Å². The molecular weight excluding hydrogens is 256 g/mol. The van der Waals surface area contributed by atoms with Crippen LogP contribution in [0, 0.1) is 0 Å². The molecular formula is C14H16N4O2. The Morgan fingerprint density at radius 1 is 1.45 bits per heavy atom. The zero-order valence-electron chi connectivity index (χ0n) is 11.0. The maximum absolute atomic E-state index is 10.6. The van der Waals surface area contributed by atoms with Gasteiger partial charge in [-0.3, -0.25) is 4.79 Å². The lowest BCUT2D eigenvalue weighted by Crippen LogP contribution is -2.19. The second kappa shape index (κ2) is 6.42. The summed E-state index contributed by atoms with van der Waals surface area (Å²) in [4.78, 5) is 10.6. The summed E-state index contributed by atoms with van der Waals surface area (Å²) in [6.07, 6.45) is 5.30. The van der Waals surface area contributed by atoms with Gasteiger partial charge in [0.15, 0.2) is 6.61 Å². The number of aromatic nitrogens is 2. The van der Waals surface area contributed by atoms with Crippen LogP contribution in [-0.2, 0) is 11.3 Å². The molecule has 2 rings (SSSR count). The largest absolute Gasteiger partial charge is 0.484 e. The standard InChI is InChI=1S/C14H16N4O2/c1-2-18-9-11(8-17-18)7-16-12-3-5-13(6-4-12)20-10-14(15)19/h2-6,8-9,16H,1,7,10H2,(H2,15,19). The highest BCUT2D eigenvalue weighted by Crippen LogP contribution is 2.16. The van der Waals surface area contributed by atoms with Crippen LogP contribution in [0.3, 0.4) is 0 Å². The van der Waals surface area contributed by atoms with Gasteiger partial charge < -0.3 is 15.8 Å². The van der Waals surface area contributed by atoms with E-state index in [9.17, 15) is 4.79 Å². The molecule has 0 fully saturated rings. The SMILES string of the molecule is C=Cn1cc(CNc2ccc(OCC(N)=O)cc2)cn1. The lowest BCUT2D eigenvalue weighted by atomic mass is 10.3. The van der Waals surface area contributed by atoms with Crippen molar-refractivity contribution in [3.05, 3.63) is 48.8 Å². The van der Waals surface area contributed by atoms with Crippen LogP contribution in [0.25, 0.3) is 6.20 Å². The third kappa shape index (κ3) is 3.88. The Bertz CT molecular complexity index is 589. The van der Waals surface area contributed by atoms with Crippen molar-refractivity contribution in [2.24, 2.45) is 5.73 Å². The third-order valence-electron chi connectivity index (χ3n) is 2.57. The first kappa shape index (κ1) is 13.7. The van der Waals surface area contributed by atoms with E-state index in [1.165, 1.54) is 0 Å². The van der Waals surface area contributed by atoms with Gasteiger partial charge in [-0.2, -0.15) is 5.10 Å². The number of hydrogen-bond donors (Lipinski definition) is 2. The number of carbonyl (C=O) groups excluding carboxylic acids is 1. The number of rotatable bonds is 7. The summed E-state index contributed by atoms with van der Waals surface area (Å²) < 4.78 is 6.83. The van der Waals surface area contributed by atoms with Gasteiger partial charge >= 0.3 is 0 Å². The smallest absolute Gasteiger partial charge is 0.255 e. The fourth-order valence-corrected chi connectivity index (χ4v) is 1.60. The van der Waals surface area contributed by atoms with E-state index < -0.39 is 5.91 Å². The summed E-state index contributed by atoms with van der Waals surface area (Å²) in [7, 11) is 0. The number of ether oxygens (including phenoxy) is 1. The molecule has 0 atom stereocenters. The van der Waals surface area contributed by atoms with Gasteiger partial charge in [0, 0.05) is 30.2 Å². The fraction of sp³-hybridized carbons (Fsp3) is 0.143. The number of nitrogens with two attached hydrogens (primary N) is 1. The van der Waals surface area contributed by atoms with E-state index in [-0.39, 0.29) is 6.61 Å². The van der Waals surface area contributed by atoms with Gasteiger partial charge in [-0.15, -0.1) is 0 Å². The molecule has 0 saturated carbocycles. The van der Waals surface area contributed by atoms with Crippen LogP contribution in [0.1, 0.15) is 5.56 Å². The van der Waals surface area contributed by atoms with Crippen molar-refractivity contribution in [2.45, 2.75) is 6.54 Å². The van der Waals surface area contributed by atoms with Crippen LogP contribution in [-0.4, -0.2) is 22.3 Å². The zero-order valence-corrected chi connectivity index (χ0v) is 11.0. The van der Waals surface area contributed by atoms with Gasteiger partial charge in [0.25, 0.3) is 5.91 Å². The Morgan fingerprint density at radius 3 is 2.80 bits per heavy atom. The van der Waals surface area contributed by atoms with Gasteiger partial charge in [-0.25, -0.2) is 4.68 Å². The number of nitrogens with one attached hydrogen (secondary N) is 1. The maximum Gasteiger partial charge on any atom is 0.255 e. The second-order valence-electron chi connectivity index (χ2n) is 4.14. The molecule has 0 unspecified atom stereocenters. The molecule has 0 spiro atoms. The summed E-state index contributed by atoms with van der Waals surface area (Å²) in [6.45, 7) is 4.18. The van der Waals surface area contributed by atoms with Gasteiger partial charge in [-0.05, 0) is 24.3 Å². The molecule has 20 heavy (non-hydrogen) atoms. The minimum atomic E-state index is -0.494. The van der Waals surface area contributed by atoms with E-state index in [1.807, 2.05) is 18.3 Å². The molecule has 104 valence electrons. The molecule has 1 aromatic heterocycles. The predicted octanol–water partition coefficient (Wildman–Crippen LogP) is 1.46. The summed E-state index contributed by atoms with van der Waals surface area (Å²) in [6, 6.07) is 7.29. The number of primary amides is 1. The lowest BCUT2D eigenvalue weighted by Gasteiger charge is -2.07. The molecule has 0 bridgehead atoms. The normalized spacial score (nSPS) is 10.0. The van der Waals surface area contributed by atoms with Crippen LogP contribution in [0.4, 0.5) is 5.69 Å². The molecule has 1 amide bonds. The lowest BCUT2D eigenvalue weighted by molar-refractivity contribution is -0.119. The third-order valence-corrected chi connectivity index (χ3v) is 2.57. The van der Waals surface area contributed by atoms with E-state index in [0.717, 1.165) is 11.3 Å². The van der Waals surface area contributed by atoms with Crippen molar-refractivity contribution >= 4 is 17.8 Å². The van der Waals surface area contributed by atoms with Gasteiger partial charge in [0.05, 0.1) is 6.20 Å². The molecule has 0 aliphatic rings. The summed E-state index contributed by atoms with van der Waals surface area (Å²) >= 11 is 0. The van der Waals surface area contributed by atoms with E-state index in [4.69, 9.17) is 10.5 Å². The molecule has 6 nitrogen and oxygen atoms in total. The number of hydrogen-bond acceptors (Lipinski definition) is 4. The number of benzene rings is 1. The van der Waals surface area contributed by atoms with E-state index in [1.54, 1.807) is 29.2 Å². The summed E-state index contributed by atoms with van der Waals surface area (Å²) in [5.74, 6) is 0.111. The molecule has 6 heteroatoms. The molecule has 1 aromatic carbocycles. The predicted molar refractivity (Wildman–Crippen MR) is 77.1 cm³/mol. The van der Waals surface area contributed by atoms with Crippen molar-refractivity contribution in [1.82, 2.24) is 9.78 Å². The average Bonchev–Trinajstić information content (AvgIpc) is 2.92. The Morgan fingerprint density at radius 2 is 2.20 bits per heavy atom. The maximum atomic E-state index is 10.6. The topological polar surface area (TPSA) is 82.2 Å². The number of anilines is 1. The Kier molecular flexibility index (Phi) is 4.39. The van der Waals surface area contributed by atoms with Crippen molar-refractivity contribution < 1.29 is 9.53 Å². The van der Waals surface area contributed by atoms with Crippen molar-refractivity contribution in [1.29, 1.82) is 0 Å². The zero-order chi connectivity index (χ0) is 14.4. The molecule has 0 aliphatic carbocycles. The minimum Gasteiger partial charge on any atom is -0.484 e. The number of nitrogens with zero attached hydrogens (tertiary/aromatic N) is 2. The molecule has 0 aliphatic heterocycles. The summed E-state index contributed by atoms with van der Waals surface area (Å²) in [5, 5.41) is 7.35. The van der Waals surface area contributed by atoms with Crippen molar-refractivity contribution in [2.75, 3.05) is 11.9 Å². The molecule has 3 N–H and O–H groups in total. The van der Waals surface area contributed by atoms with E-state index in [0.29, 0.717) is 12.3 Å². The van der Waals surface area contributed by atoms with E-state index in [2.05, 4.69) is 17.0 Å². The fourth-order valence-electron chi connectivity index (χ4n) is 1.60. The Hall–Kier alpha value is -2.76. The van der Waals surface area contributed by atoms with Crippen molar-refractivity contribution in [3.8, 4) is 5.75 Å². The van der Waals surface area contributed by atoms with Gasteiger partial charge in [0.2, 0.25) is 0 Å². The Balaban J connectivity index is 1.87. The molecule has 1 heterocycles. The van der Waals surface area contributed by atoms with Crippen molar-refractivity contribution in [3.63, 3.8) is 0 Å². The second-order valence-corrected chi connectivity index (χ2v) is 4.14. The quantitative estimate of drug-likeness (QED) is 0.799. The van der Waals surface area contributed by atoms with Crippen LogP contribution < -0.4 is 15.8 Å². The van der Waals surface area contributed by atoms with Crippen LogP contribution >= 0.6 is 0 Å². The first-order valence-electron chi connectivity index (χ1n) is 6.08. The van der Waals surface area contributed by atoms with Crippen LogP contribution in [0.15, 0.2) is 43.2 Å².